The highest BCUT2D eigenvalue weighted by Gasteiger charge is 2.24. The Morgan fingerprint density at radius 3 is 2.93 bits per heavy atom. The molecule has 0 aliphatic carbocycles. The standard InChI is InChI=1S/C10H21N3O/c1-3-4-6-12-10(14)13-7-5-9(8-13)11-2/h9,11H,3-8H2,1-2H3,(H,12,14). The Kier molecular flexibility index (Phi) is 4.73. The molecule has 0 aromatic carbocycles. The zero-order chi connectivity index (χ0) is 10.4. The third-order valence-corrected chi connectivity index (χ3v) is 2.69. The van der Waals surface area contributed by atoms with Gasteiger partial charge in [0.2, 0.25) is 0 Å². The Balaban J connectivity index is 2.18. The number of hydrogen-bond donors (Lipinski definition) is 2. The van der Waals surface area contributed by atoms with E-state index in [1.807, 2.05) is 11.9 Å². The van der Waals surface area contributed by atoms with E-state index in [2.05, 4.69) is 17.6 Å². The van der Waals surface area contributed by atoms with Crippen molar-refractivity contribution in [2.45, 2.75) is 32.2 Å². The minimum absolute atomic E-state index is 0.0937. The van der Waals surface area contributed by atoms with Crippen molar-refractivity contribution in [3.63, 3.8) is 0 Å². The van der Waals surface area contributed by atoms with Gasteiger partial charge in [-0.1, -0.05) is 13.3 Å². The lowest BCUT2D eigenvalue weighted by molar-refractivity contribution is 0.207. The van der Waals surface area contributed by atoms with Crippen molar-refractivity contribution in [3.05, 3.63) is 0 Å². The fourth-order valence-corrected chi connectivity index (χ4v) is 1.66. The molecule has 4 heteroatoms. The number of likely N-dealkylation sites (tertiary alicyclic amines) is 1. The molecule has 1 atom stereocenters. The molecule has 1 unspecified atom stereocenters. The van der Waals surface area contributed by atoms with Crippen molar-refractivity contribution in [2.75, 3.05) is 26.7 Å². The maximum atomic E-state index is 11.6. The Hall–Kier alpha value is -0.770. The molecule has 0 saturated carbocycles. The lowest BCUT2D eigenvalue weighted by atomic mass is 10.3. The molecule has 0 aromatic heterocycles. The second kappa shape index (κ2) is 5.86. The lowest BCUT2D eigenvalue weighted by Gasteiger charge is -2.17. The van der Waals surface area contributed by atoms with Crippen molar-refractivity contribution < 1.29 is 4.79 Å². The Morgan fingerprint density at radius 2 is 2.36 bits per heavy atom. The molecule has 0 spiro atoms. The monoisotopic (exact) mass is 199 g/mol. The number of unbranched alkanes of at least 4 members (excludes halogenated alkanes) is 1. The Bertz CT molecular complexity index is 184. The molecular weight excluding hydrogens is 178 g/mol. The van der Waals surface area contributed by atoms with Gasteiger partial charge in [0, 0.05) is 25.7 Å². The summed E-state index contributed by atoms with van der Waals surface area (Å²) in [6, 6.07) is 0.572. The summed E-state index contributed by atoms with van der Waals surface area (Å²) < 4.78 is 0. The number of nitrogens with one attached hydrogen (secondary N) is 2. The number of urea groups is 1. The van der Waals surface area contributed by atoms with Crippen molar-refractivity contribution in [2.24, 2.45) is 0 Å². The van der Waals surface area contributed by atoms with Gasteiger partial charge in [0.1, 0.15) is 0 Å². The van der Waals surface area contributed by atoms with Crippen LogP contribution >= 0.6 is 0 Å². The summed E-state index contributed by atoms with van der Waals surface area (Å²) in [7, 11) is 1.95. The average Bonchev–Trinajstić information content (AvgIpc) is 2.66. The van der Waals surface area contributed by atoms with Crippen LogP contribution in [0.2, 0.25) is 0 Å². The summed E-state index contributed by atoms with van der Waals surface area (Å²) in [5, 5.41) is 6.12. The third-order valence-electron chi connectivity index (χ3n) is 2.69. The van der Waals surface area contributed by atoms with Gasteiger partial charge in [-0.05, 0) is 19.9 Å². The van der Waals surface area contributed by atoms with Gasteiger partial charge in [0.15, 0.2) is 0 Å². The summed E-state index contributed by atoms with van der Waals surface area (Å²) in [5.41, 5.74) is 0. The minimum atomic E-state index is 0.0937. The molecule has 0 bridgehead atoms. The van der Waals surface area contributed by atoms with Crippen LogP contribution in [0.5, 0.6) is 0 Å². The smallest absolute Gasteiger partial charge is 0.317 e. The van der Waals surface area contributed by atoms with E-state index in [9.17, 15) is 4.79 Å². The lowest BCUT2D eigenvalue weighted by Crippen LogP contribution is -2.40. The average molecular weight is 199 g/mol. The molecule has 2 amide bonds. The van der Waals surface area contributed by atoms with E-state index in [1.54, 1.807) is 0 Å². The zero-order valence-electron chi connectivity index (χ0n) is 9.18. The highest BCUT2D eigenvalue weighted by atomic mass is 16.2. The molecule has 1 saturated heterocycles. The van der Waals surface area contributed by atoms with Gasteiger partial charge in [-0.25, -0.2) is 4.79 Å². The van der Waals surface area contributed by atoms with E-state index in [-0.39, 0.29) is 6.03 Å². The number of hydrogen-bond acceptors (Lipinski definition) is 2. The number of carbonyl (C=O) groups excluding carboxylic acids is 1. The van der Waals surface area contributed by atoms with Crippen molar-refractivity contribution >= 4 is 6.03 Å². The molecule has 1 heterocycles. The van der Waals surface area contributed by atoms with Gasteiger partial charge in [0.05, 0.1) is 0 Å². The van der Waals surface area contributed by atoms with Gasteiger partial charge >= 0.3 is 6.03 Å². The molecule has 4 nitrogen and oxygen atoms in total. The number of rotatable bonds is 4. The molecule has 1 aliphatic heterocycles. The molecule has 1 fully saturated rings. The summed E-state index contributed by atoms with van der Waals surface area (Å²) in [6.07, 6.45) is 3.26. The van der Waals surface area contributed by atoms with E-state index in [1.165, 1.54) is 0 Å². The van der Waals surface area contributed by atoms with Gasteiger partial charge in [-0.3, -0.25) is 0 Å². The molecule has 2 N–H and O–H groups in total. The predicted molar refractivity (Wildman–Crippen MR) is 57.3 cm³/mol. The topological polar surface area (TPSA) is 44.4 Å². The van der Waals surface area contributed by atoms with E-state index in [0.717, 1.165) is 38.9 Å². The third kappa shape index (κ3) is 3.18. The van der Waals surface area contributed by atoms with Crippen LogP contribution in [-0.4, -0.2) is 43.7 Å². The van der Waals surface area contributed by atoms with Crippen molar-refractivity contribution in [1.82, 2.24) is 15.5 Å². The first-order valence-electron chi connectivity index (χ1n) is 5.48. The van der Waals surface area contributed by atoms with Gasteiger partial charge in [-0.2, -0.15) is 0 Å². The maximum absolute atomic E-state index is 11.6. The van der Waals surface area contributed by atoms with Crippen LogP contribution in [0.25, 0.3) is 0 Å². The summed E-state index contributed by atoms with van der Waals surface area (Å²) in [6.45, 7) is 4.65. The first-order valence-corrected chi connectivity index (χ1v) is 5.48. The molecule has 14 heavy (non-hydrogen) atoms. The number of carbonyl (C=O) groups is 1. The van der Waals surface area contributed by atoms with Crippen LogP contribution in [0, 0.1) is 0 Å². The Morgan fingerprint density at radius 1 is 1.57 bits per heavy atom. The molecular formula is C10H21N3O. The summed E-state index contributed by atoms with van der Waals surface area (Å²) in [5.74, 6) is 0. The fourth-order valence-electron chi connectivity index (χ4n) is 1.66. The minimum Gasteiger partial charge on any atom is -0.338 e. The maximum Gasteiger partial charge on any atom is 0.317 e. The number of likely N-dealkylation sites (N-methyl/N-ethyl adjacent to an activating group) is 1. The second-order valence-electron chi connectivity index (χ2n) is 3.81. The normalized spacial score (nSPS) is 21.3. The van der Waals surface area contributed by atoms with E-state index >= 15 is 0 Å². The molecule has 0 radical (unpaired) electrons. The fraction of sp³-hybridized carbons (Fsp3) is 0.900. The quantitative estimate of drug-likeness (QED) is 0.657. The van der Waals surface area contributed by atoms with Gasteiger partial charge in [0.25, 0.3) is 0 Å². The molecule has 82 valence electrons. The molecule has 0 aromatic rings. The van der Waals surface area contributed by atoms with Crippen LogP contribution < -0.4 is 10.6 Å². The molecule has 1 aliphatic rings. The van der Waals surface area contributed by atoms with Crippen LogP contribution in [0.4, 0.5) is 4.79 Å². The van der Waals surface area contributed by atoms with Crippen LogP contribution in [0.3, 0.4) is 0 Å². The Labute approximate surface area is 86.0 Å². The second-order valence-corrected chi connectivity index (χ2v) is 3.81. The largest absolute Gasteiger partial charge is 0.338 e. The summed E-state index contributed by atoms with van der Waals surface area (Å²) in [4.78, 5) is 13.5. The number of amides is 2. The SMILES string of the molecule is CCCCNC(=O)N1CCC(NC)C1. The molecule has 1 rings (SSSR count). The van der Waals surface area contributed by atoms with Crippen LogP contribution in [0.15, 0.2) is 0 Å². The number of nitrogens with zero attached hydrogens (tertiary/aromatic N) is 1. The van der Waals surface area contributed by atoms with Crippen molar-refractivity contribution in [3.8, 4) is 0 Å². The first kappa shape index (κ1) is 11.3. The van der Waals surface area contributed by atoms with Crippen LogP contribution in [0.1, 0.15) is 26.2 Å². The highest BCUT2D eigenvalue weighted by Crippen LogP contribution is 2.08. The van der Waals surface area contributed by atoms with E-state index in [4.69, 9.17) is 0 Å². The van der Waals surface area contributed by atoms with Gasteiger partial charge in [-0.15, -0.1) is 0 Å². The predicted octanol–water partition coefficient (Wildman–Crippen LogP) is 0.790. The van der Waals surface area contributed by atoms with Crippen molar-refractivity contribution in [1.29, 1.82) is 0 Å². The summed E-state index contributed by atoms with van der Waals surface area (Å²) >= 11 is 0. The highest BCUT2D eigenvalue weighted by molar-refractivity contribution is 5.74. The van der Waals surface area contributed by atoms with Crippen LogP contribution in [-0.2, 0) is 0 Å². The first-order chi connectivity index (χ1) is 6.77. The van der Waals surface area contributed by atoms with E-state index in [0.29, 0.717) is 6.04 Å². The van der Waals surface area contributed by atoms with E-state index < -0.39 is 0 Å². The van der Waals surface area contributed by atoms with Gasteiger partial charge < -0.3 is 15.5 Å². The zero-order valence-corrected chi connectivity index (χ0v) is 9.18.